The Morgan fingerprint density at radius 2 is 2.44 bits per heavy atom. The summed E-state index contributed by atoms with van der Waals surface area (Å²) < 4.78 is 5.50. The number of hydrogen-bond donors (Lipinski definition) is 1. The molecule has 0 aromatic carbocycles. The molecule has 1 saturated heterocycles. The summed E-state index contributed by atoms with van der Waals surface area (Å²) >= 11 is 0. The summed E-state index contributed by atoms with van der Waals surface area (Å²) in [5.74, 6) is 1.56. The van der Waals surface area contributed by atoms with E-state index < -0.39 is 0 Å². The van der Waals surface area contributed by atoms with E-state index in [-0.39, 0.29) is 18.0 Å². The van der Waals surface area contributed by atoms with E-state index in [9.17, 15) is 4.79 Å². The molecule has 0 spiro atoms. The molecule has 2 rings (SSSR count). The normalized spacial score (nSPS) is 21.6. The Morgan fingerprint density at radius 1 is 1.67 bits per heavy atom. The van der Waals surface area contributed by atoms with Crippen LogP contribution in [0.3, 0.4) is 0 Å². The average molecular weight is 251 g/mol. The third-order valence-electron chi connectivity index (χ3n) is 3.34. The number of nitrogens with one attached hydrogen (secondary N) is 1. The molecule has 0 aliphatic carbocycles. The molecule has 0 bridgehead atoms. The fourth-order valence-electron chi connectivity index (χ4n) is 2.29. The Hall–Kier alpha value is -1.36. The van der Waals surface area contributed by atoms with Gasteiger partial charge in [0.2, 0.25) is 11.8 Å². The number of hydrogen-bond acceptors (Lipinski definition) is 4. The number of rotatable bonds is 5. The maximum Gasteiger partial charge on any atom is 0.240 e. The van der Waals surface area contributed by atoms with E-state index in [2.05, 4.69) is 17.2 Å². The van der Waals surface area contributed by atoms with E-state index in [1.54, 1.807) is 6.20 Å². The highest BCUT2D eigenvalue weighted by Crippen LogP contribution is 2.25. The van der Waals surface area contributed by atoms with Gasteiger partial charge in [0.15, 0.2) is 0 Å². The molecular formula is C13H21N3O2. The number of nitrogens with zero attached hydrogens (tertiary/aromatic N) is 2. The van der Waals surface area contributed by atoms with Gasteiger partial charge in [0.25, 0.3) is 0 Å². The first-order valence-corrected chi connectivity index (χ1v) is 6.59. The van der Waals surface area contributed by atoms with Gasteiger partial charge in [-0.2, -0.15) is 0 Å². The monoisotopic (exact) mass is 251 g/mol. The highest BCUT2D eigenvalue weighted by atomic mass is 16.4. The molecule has 18 heavy (non-hydrogen) atoms. The van der Waals surface area contributed by atoms with Crippen molar-refractivity contribution in [2.24, 2.45) is 0 Å². The second-order valence-corrected chi connectivity index (χ2v) is 4.81. The summed E-state index contributed by atoms with van der Waals surface area (Å²) in [6, 6.07) is -0.122. The third-order valence-corrected chi connectivity index (χ3v) is 3.34. The van der Waals surface area contributed by atoms with Crippen LogP contribution < -0.4 is 5.32 Å². The van der Waals surface area contributed by atoms with Gasteiger partial charge < -0.3 is 14.6 Å². The highest BCUT2D eigenvalue weighted by Gasteiger charge is 2.35. The van der Waals surface area contributed by atoms with Gasteiger partial charge in [-0.25, -0.2) is 4.98 Å². The van der Waals surface area contributed by atoms with Gasteiger partial charge in [-0.3, -0.25) is 4.79 Å². The van der Waals surface area contributed by atoms with Crippen LogP contribution in [0.5, 0.6) is 0 Å². The minimum atomic E-state index is -0.0837. The van der Waals surface area contributed by atoms with Crippen LogP contribution in [0.1, 0.15) is 44.4 Å². The SMILES string of the molecule is CCCNC1CCN(C(C)c2ncc(C)o2)C1=O. The van der Waals surface area contributed by atoms with Crippen LogP contribution in [-0.4, -0.2) is 34.9 Å². The topological polar surface area (TPSA) is 58.4 Å². The van der Waals surface area contributed by atoms with Gasteiger partial charge in [-0.05, 0) is 33.2 Å². The van der Waals surface area contributed by atoms with Crippen molar-refractivity contribution in [1.29, 1.82) is 0 Å². The lowest BCUT2D eigenvalue weighted by Crippen LogP contribution is -2.39. The third kappa shape index (κ3) is 2.56. The Balaban J connectivity index is 2.00. The molecule has 1 fully saturated rings. The Kier molecular flexibility index (Phi) is 4.01. The van der Waals surface area contributed by atoms with Gasteiger partial charge >= 0.3 is 0 Å². The van der Waals surface area contributed by atoms with Crippen LogP contribution in [0.15, 0.2) is 10.6 Å². The summed E-state index contributed by atoms with van der Waals surface area (Å²) in [4.78, 5) is 18.3. The first-order valence-electron chi connectivity index (χ1n) is 6.59. The lowest BCUT2D eigenvalue weighted by Gasteiger charge is -2.22. The molecule has 2 unspecified atom stereocenters. The van der Waals surface area contributed by atoms with Crippen molar-refractivity contribution >= 4 is 5.91 Å². The molecule has 2 heterocycles. The zero-order valence-corrected chi connectivity index (χ0v) is 11.3. The second-order valence-electron chi connectivity index (χ2n) is 4.81. The minimum Gasteiger partial charge on any atom is -0.444 e. The summed E-state index contributed by atoms with van der Waals surface area (Å²) in [6.45, 7) is 7.58. The van der Waals surface area contributed by atoms with Gasteiger partial charge in [0.1, 0.15) is 11.8 Å². The van der Waals surface area contributed by atoms with E-state index in [4.69, 9.17) is 4.42 Å². The molecule has 1 aliphatic heterocycles. The first-order chi connectivity index (χ1) is 8.63. The predicted molar refractivity (Wildman–Crippen MR) is 68.1 cm³/mol. The van der Waals surface area contributed by atoms with Crippen molar-refractivity contribution in [3.05, 3.63) is 17.8 Å². The first kappa shape index (κ1) is 13.1. The van der Waals surface area contributed by atoms with Crippen LogP contribution in [0.4, 0.5) is 0 Å². The Bertz CT molecular complexity index is 416. The molecule has 0 radical (unpaired) electrons. The van der Waals surface area contributed by atoms with Crippen molar-refractivity contribution in [3.63, 3.8) is 0 Å². The fourth-order valence-corrected chi connectivity index (χ4v) is 2.29. The van der Waals surface area contributed by atoms with Crippen LogP contribution in [0, 0.1) is 6.92 Å². The van der Waals surface area contributed by atoms with Crippen LogP contribution in [-0.2, 0) is 4.79 Å². The smallest absolute Gasteiger partial charge is 0.240 e. The van der Waals surface area contributed by atoms with E-state index >= 15 is 0 Å². The summed E-state index contributed by atoms with van der Waals surface area (Å²) in [7, 11) is 0. The summed E-state index contributed by atoms with van der Waals surface area (Å²) in [5, 5.41) is 3.28. The largest absolute Gasteiger partial charge is 0.444 e. The number of aryl methyl sites for hydroxylation is 1. The lowest BCUT2D eigenvalue weighted by molar-refractivity contribution is -0.131. The minimum absolute atomic E-state index is 0.0385. The van der Waals surface area contributed by atoms with E-state index in [0.29, 0.717) is 5.89 Å². The van der Waals surface area contributed by atoms with Crippen molar-refractivity contribution in [2.75, 3.05) is 13.1 Å². The predicted octanol–water partition coefficient (Wildman–Crippen LogP) is 1.64. The molecule has 0 saturated carbocycles. The van der Waals surface area contributed by atoms with E-state index in [0.717, 1.165) is 31.7 Å². The van der Waals surface area contributed by atoms with Crippen molar-refractivity contribution in [2.45, 2.75) is 45.7 Å². The molecule has 5 nitrogen and oxygen atoms in total. The van der Waals surface area contributed by atoms with Crippen molar-refractivity contribution < 1.29 is 9.21 Å². The molecule has 5 heteroatoms. The van der Waals surface area contributed by atoms with E-state index in [1.807, 2.05) is 18.7 Å². The fraction of sp³-hybridized carbons (Fsp3) is 0.692. The molecule has 1 aromatic rings. The Labute approximate surface area is 108 Å². The number of aromatic nitrogens is 1. The number of oxazole rings is 1. The van der Waals surface area contributed by atoms with Gasteiger partial charge in [-0.15, -0.1) is 0 Å². The molecular weight excluding hydrogens is 230 g/mol. The van der Waals surface area contributed by atoms with Gasteiger partial charge in [0.05, 0.1) is 12.2 Å². The maximum absolute atomic E-state index is 12.2. The van der Waals surface area contributed by atoms with Crippen LogP contribution in [0.2, 0.25) is 0 Å². The zero-order valence-electron chi connectivity index (χ0n) is 11.3. The molecule has 1 aromatic heterocycles. The lowest BCUT2D eigenvalue weighted by atomic mass is 10.2. The van der Waals surface area contributed by atoms with Crippen molar-refractivity contribution in [1.82, 2.24) is 15.2 Å². The molecule has 1 aliphatic rings. The van der Waals surface area contributed by atoms with Crippen molar-refractivity contribution in [3.8, 4) is 0 Å². The quantitative estimate of drug-likeness (QED) is 0.864. The number of carbonyl (C=O) groups is 1. The van der Waals surface area contributed by atoms with E-state index in [1.165, 1.54) is 0 Å². The number of amides is 1. The summed E-state index contributed by atoms with van der Waals surface area (Å²) in [6.07, 6.45) is 3.60. The summed E-state index contributed by atoms with van der Waals surface area (Å²) in [5.41, 5.74) is 0. The molecule has 1 amide bonds. The zero-order chi connectivity index (χ0) is 13.1. The molecule has 2 atom stereocenters. The maximum atomic E-state index is 12.2. The van der Waals surface area contributed by atoms with Crippen LogP contribution >= 0.6 is 0 Å². The number of likely N-dealkylation sites (tertiary alicyclic amines) is 1. The Morgan fingerprint density at radius 3 is 3.06 bits per heavy atom. The molecule has 100 valence electrons. The molecule has 1 N–H and O–H groups in total. The van der Waals surface area contributed by atoms with Gasteiger partial charge in [0, 0.05) is 6.54 Å². The van der Waals surface area contributed by atoms with Crippen LogP contribution in [0.25, 0.3) is 0 Å². The average Bonchev–Trinajstić information content (AvgIpc) is 2.93. The highest BCUT2D eigenvalue weighted by molar-refractivity contribution is 5.84. The standard InChI is InChI=1S/C13H21N3O2/c1-4-6-14-11-5-7-16(13(11)17)10(3)12-15-8-9(2)18-12/h8,10-11,14H,4-7H2,1-3H3. The second kappa shape index (κ2) is 5.52. The van der Waals surface area contributed by atoms with Gasteiger partial charge in [-0.1, -0.05) is 6.92 Å². The number of carbonyl (C=O) groups excluding carboxylic acids is 1.